The van der Waals surface area contributed by atoms with Crippen molar-refractivity contribution < 1.29 is 36.6 Å². The number of benzene rings is 5. The van der Waals surface area contributed by atoms with Gasteiger partial charge in [-0.2, -0.15) is 0 Å². The summed E-state index contributed by atoms with van der Waals surface area (Å²) in [6, 6.07) is 33.9. The van der Waals surface area contributed by atoms with Crippen molar-refractivity contribution in [3.05, 3.63) is 150 Å². The Balaban J connectivity index is 1.33. The molecule has 0 heterocycles. The largest absolute Gasteiger partial charge is 0.497 e. The van der Waals surface area contributed by atoms with Crippen LogP contribution in [0.5, 0.6) is 17.2 Å². The summed E-state index contributed by atoms with van der Waals surface area (Å²) < 4.78 is 57.8. The molecule has 0 fully saturated rings. The normalized spacial score (nSPS) is 11.6. The first-order valence-electron chi connectivity index (χ1n) is 16.5. The van der Waals surface area contributed by atoms with Gasteiger partial charge in [-0.25, -0.2) is 12.8 Å². The first-order chi connectivity index (χ1) is 25.1. The van der Waals surface area contributed by atoms with Crippen LogP contribution in [0.2, 0.25) is 0 Å². The van der Waals surface area contributed by atoms with E-state index in [2.05, 4.69) is 10.0 Å². The van der Waals surface area contributed by atoms with Crippen molar-refractivity contribution in [2.75, 3.05) is 32.1 Å². The lowest BCUT2D eigenvalue weighted by molar-refractivity contribution is -0.142. The van der Waals surface area contributed by atoms with E-state index in [-0.39, 0.29) is 35.2 Å². The molecule has 0 aliphatic rings. The molecule has 12 heteroatoms. The standard InChI is InChI=1S/C40H40FN3O7S/c1-49-34-16-8-29(9-17-34)24-25-42-40(46)38(26-30-6-4-3-5-7-30)44(27-31-10-18-35(50-2)19-11-31)39(45)28-51-36-20-22-37(23-21-36)52(47,48)43-33-14-12-32(41)13-15-33/h3-23,38,43H,24-28H2,1-2H3,(H,42,46). The molecular formula is C40H40FN3O7S. The molecule has 5 aromatic rings. The smallest absolute Gasteiger partial charge is 0.261 e. The number of nitrogens with one attached hydrogen (secondary N) is 2. The van der Waals surface area contributed by atoms with Crippen LogP contribution in [0, 0.1) is 5.82 Å². The van der Waals surface area contributed by atoms with Gasteiger partial charge in [-0.1, -0.05) is 54.6 Å². The molecule has 52 heavy (non-hydrogen) atoms. The SMILES string of the molecule is COc1ccc(CCNC(=O)C(Cc2ccccc2)N(Cc2ccc(OC)cc2)C(=O)COc2ccc(S(=O)(=O)Nc3ccc(F)cc3)cc2)cc1. The molecule has 1 atom stereocenters. The quantitative estimate of drug-likeness (QED) is 0.120. The van der Waals surface area contributed by atoms with Crippen molar-refractivity contribution >= 4 is 27.5 Å². The Morgan fingerprint density at radius 2 is 1.29 bits per heavy atom. The number of nitrogens with zero attached hydrogens (tertiary/aromatic N) is 1. The van der Waals surface area contributed by atoms with Crippen molar-refractivity contribution in [2.45, 2.75) is 30.3 Å². The van der Waals surface area contributed by atoms with E-state index in [9.17, 15) is 22.4 Å². The average Bonchev–Trinajstić information content (AvgIpc) is 3.17. The van der Waals surface area contributed by atoms with Crippen molar-refractivity contribution in [3.8, 4) is 17.2 Å². The number of ether oxygens (including phenoxy) is 3. The molecule has 0 bridgehead atoms. The third-order valence-electron chi connectivity index (χ3n) is 8.25. The zero-order chi connectivity index (χ0) is 36.9. The fourth-order valence-electron chi connectivity index (χ4n) is 5.40. The molecule has 0 saturated carbocycles. The Morgan fingerprint density at radius 3 is 1.88 bits per heavy atom. The second-order valence-corrected chi connectivity index (χ2v) is 13.5. The zero-order valence-electron chi connectivity index (χ0n) is 28.8. The molecule has 0 spiro atoms. The van der Waals surface area contributed by atoms with Crippen LogP contribution in [0.4, 0.5) is 10.1 Å². The summed E-state index contributed by atoms with van der Waals surface area (Å²) in [4.78, 5) is 29.5. The summed E-state index contributed by atoms with van der Waals surface area (Å²) in [5.74, 6) is 0.394. The summed E-state index contributed by atoms with van der Waals surface area (Å²) >= 11 is 0. The molecule has 2 N–H and O–H groups in total. The summed E-state index contributed by atoms with van der Waals surface area (Å²) in [5, 5.41) is 3.03. The van der Waals surface area contributed by atoms with Crippen molar-refractivity contribution in [1.82, 2.24) is 10.2 Å². The molecular weight excluding hydrogens is 686 g/mol. The van der Waals surface area contributed by atoms with Gasteiger partial charge in [-0.15, -0.1) is 0 Å². The lowest BCUT2D eigenvalue weighted by Crippen LogP contribution is -2.52. The summed E-state index contributed by atoms with van der Waals surface area (Å²) in [6.07, 6.45) is 0.833. The molecule has 0 saturated heterocycles. The monoisotopic (exact) mass is 725 g/mol. The summed E-state index contributed by atoms with van der Waals surface area (Å²) in [5.41, 5.74) is 2.88. The number of sulfonamides is 1. The maximum absolute atomic E-state index is 14.0. The summed E-state index contributed by atoms with van der Waals surface area (Å²) in [7, 11) is -0.798. The first-order valence-corrected chi connectivity index (χ1v) is 18.0. The maximum atomic E-state index is 14.0. The first kappa shape index (κ1) is 37.4. The zero-order valence-corrected chi connectivity index (χ0v) is 29.6. The van der Waals surface area contributed by atoms with Gasteiger partial charge in [0.25, 0.3) is 15.9 Å². The third-order valence-corrected chi connectivity index (χ3v) is 9.65. The van der Waals surface area contributed by atoms with E-state index < -0.39 is 34.4 Å². The van der Waals surface area contributed by atoms with E-state index in [1.54, 1.807) is 26.4 Å². The van der Waals surface area contributed by atoms with Gasteiger partial charge >= 0.3 is 0 Å². The predicted molar refractivity (Wildman–Crippen MR) is 196 cm³/mol. The Bertz CT molecular complexity index is 2010. The molecule has 5 rings (SSSR count). The van der Waals surface area contributed by atoms with Crippen molar-refractivity contribution in [3.63, 3.8) is 0 Å². The predicted octanol–water partition coefficient (Wildman–Crippen LogP) is 6.02. The van der Waals surface area contributed by atoms with E-state index in [0.717, 1.165) is 34.6 Å². The second kappa shape index (κ2) is 17.9. The molecule has 10 nitrogen and oxygen atoms in total. The molecule has 0 aliphatic heterocycles. The van der Waals surface area contributed by atoms with Crippen molar-refractivity contribution in [2.24, 2.45) is 0 Å². The topological polar surface area (TPSA) is 123 Å². The number of amides is 2. The number of methoxy groups -OCH3 is 2. The van der Waals surface area contributed by atoms with Crippen LogP contribution < -0.4 is 24.2 Å². The van der Waals surface area contributed by atoms with E-state index in [0.29, 0.717) is 18.7 Å². The van der Waals surface area contributed by atoms with Gasteiger partial charge in [0.2, 0.25) is 5.91 Å². The van der Waals surface area contributed by atoms with Gasteiger partial charge < -0.3 is 24.4 Å². The molecule has 0 aliphatic carbocycles. The highest BCUT2D eigenvalue weighted by Gasteiger charge is 2.31. The highest BCUT2D eigenvalue weighted by atomic mass is 32.2. The van der Waals surface area contributed by atoms with Gasteiger partial charge in [0.05, 0.1) is 19.1 Å². The molecule has 1 unspecified atom stereocenters. The van der Waals surface area contributed by atoms with Crippen molar-refractivity contribution in [1.29, 1.82) is 0 Å². The lowest BCUT2D eigenvalue weighted by atomic mass is 10.0. The molecule has 0 aromatic heterocycles. The lowest BCUT2D eigenvalue weighted by Gasteiger charge is -2.31. The average molecular weight is 726 g/mol. The molecule has 270 valence electrons. The Kier molecular flexibility index (Phi) is 12.8. The minimum absolute atomic E-state index is 0.0501. The van der Waals surface area contributed by atoms with Crippen LogP contribution in [0.25, 0.3) is 0 Å². The number of anilines is 1. The minimum Gasteiger partial charge on any atom is -0.497 e. The Hall–Kier alpha value is -5.88. The van der Waals surface area contributed by atoms with Crippen LogP contribution in [-0.2, 0) is 39.0 Å². The minimum atomic E-state index is -3.97. The number of halogens is 1. The van der Waals surface area contributed by atoms with Crippen LogP contribution in [0.1, 0.15) is 16.7 Å². The van der Waals surface area contributed by atoms with E-state index >= 15 is 0 Å². The Labute approximate surface area is 303 Å². The van der Waals surface area contributed by atoms with E-state index in [4.69, 9.17) is 14.2 Å². The van der Waals surface area contributed by atoms with Gasteiger partial charge in [-0.05, 0) is 95.9 Å². The van der Waals surface area contributed by atoms with Crippen LogP contribution in [0.3, 0.4) is 0 Å². The number of carbonyl (C=O) groups excluding carboxylic acids is 2. The van der Waals surface area contributed by atoms with Crippen LogP contribution in [0.15, 0.2) is 132 Å². The molecule has 5 aromatic carbocycles. The van der Waals surface area contributed by atoms with Gasteiger partial charge in [0.15, 0.2) is 6.61 Å². The van der Waals surface area contributed by atoms with E-state index in [1.807, 2.05) is 66.7 Å². The number of hydrogen-bond donors (Lipinski definition) is 2. The fraction of sp³-hybridized carbons (Fsp3) is 0.200. The Morgan fingerprint density at radius 1 is 0.712 bits per heavy atom. The summed E-state index contributed by atoms with van der Waals surface area (Å²) in [6.45, 7) is 0.0467. The van der Waals surface area contributed by atoms with E-state index in [1.165, 1.54) is 41.3 Å². The highest BCUT2D eigenvalue weighted by Crippen LogP contribution is 2.22. The second-order valence-electron chi connectivity index (χ2n) is 11.8. The number of hydrogen-bond acceptors (Lipinski definition) is 7. The van der Waals surface area contributed by atoms with Gasteiger partial charge in [0, 0.05) is 25.2 Å². The molecule has 2 amide bonds. The van der Waals surface area contributed by atoms with Crippen LogP contribution >= 0.6 is 0 Å². The van der Waals surface area contributed by atoms with Gasteiger partial charge in [-0.3, -0.25) is 14.3 Å². The number of rotatable bonds is 17. The highest BCUT2D eigenvalue weighted by molar-refractivity contribution is 7.92. The van der Waals surface area contributed by atoms with Gasteiger partial charge in [0.1, 0.15) is 29.1 Å². The maximum Gasteiger partial charge on any atom is 0.261 e. The fourth-order valence-corrected chi connectivity index (χ4v) is 6.46. The molecule has 0 radical (unpaired) electrons. The number of carbonyl (C=O) groups is 2. The van der Waals surface area contributed by atoms with Crippen LogP contribution in [-0.4, -0.2) is 58.5 Å². The third kappa shape index (κ3) is 10.6.